The molecular formula is C26H14ClF4N5O4S. The molecule has 0 bridgehead atoms. The minimum atomic E-state index is -5.38. The fourth-order valence-corrected chi connectivity index (χ4v) is 5.28. The Bertz CT molecular complexity index is 1850. The van der Waals surface area contributed by atoms with Gasteiger partial charge in [0.1, 0.15) is 5.75 Å². The molecule has 1 atom stereocenters. The monoisotopic (exact) mass is 603 g/mol. The molecule has 1 aliphatic rings. The lowest BCUT2D eigenvalue weighted by atomic mass is 9.92. The Balaban J connectivity index is 1.56. The number of ether oxygens (including phenoxy) is 1. The van der Waals surface area contributed by atoms with Gasteiger partial charge in [-0.25, -0.2) is 19.2 Å². The van der Waals surface area contributed by atoms with E-state index in [9.17, 15) is 27.9 Å². The van der Waals surface area contributed by atoms with E-state index in [2.05, 4.69) is 25.0 Å². The summed E-state index contributed by atoms with van der Waals surface area (Å²) in [4.78, 5) is 37.6. The van der Waals surface area contributed by atoms with E-state index in [0.29, 0.717) is 27.0 Å². The summed E-state index contributed by atoms with van der Waals surface area (Å²) in [6.07, 6.45) is -3.79. The first-order chi connectivity index (χ1) is 19.5. The number of esters is 1. The molecular weight excluding hydrogens is 590 g/mol. The number of carbonyl (C=O) groups excluding carboxylic acids is 2. The van der Waals surface area contributed by atoms with Crippen LogP contribution >= 0.6 is 22.9 Å². The molecule has 0 aliphatic carbocycles. The smallest absolute Gasteiger partial charge is 0.419 e. The number of benzene rings is 3. The number of aliphatic hydroxyl groups is 1. The number of amides is 1. The molecule has 9 nitrogen and oxygen atoms in total. The molecule has 3 N–H and O–H groups in total. The standard InChI is InChI=1S/C26H14ClF4N5O4S/c27-14-4-2-5-17(20(14)28)36-21(37)13-3-1-6-18(40-22(38)26(29,30)31)19(13)25(36,39)12-7-8-15-16(11-12)34-23(33-15)35-24-32-9-10-41-24/h1-11,39H,(H2,32,33,34,35). The Hall–Kier alpha value is -4.53. The van der Waals surface area contributed by atoms with Gasteiger partial charge in [-0.3, -0.25) is 9.69 Å². The summed E-state index contributed by atoms with van der Waals surface area (Å²) in [7, 11) is 0. The van der Waals surface area contributed by atoms with Crippen molar-refractivity contribution in [2.75, 3.05) is 10.2 Å². The Kier molecular flexibility index (Phi) is 6.21. The number of H-pyrrole nitrogens is 1. The number of anilines is 3. The van der Waals surface area contributed by atoms with Gasteiger partial charge in [0.25, 0.3) is 5.91 Å². The number of imidazole rings is 1. The van der Waals surface area contributed by atoms with Crippen LogP contribution in [0, 0.1) is 5.82 Å². The van der Waals surface area contributed by atoms with Crippen LogP contribution in [0.4, 0.5) is 34.3 Å². The lowest BCUT2D eigenvalue weighted by Crippen LogP contribution is -2.45. The number of rotatable bonds is 5. The van der Waals surface area contributed by atoms with Crippen LogP contribution in [0.15, 0.2) is 66.2 Å². The Morgan fingerprint density at radius 1 is 1.17 bits per heavy atom. The summed E-state index contributed by atoms with van der Waals surface area (Å²) >= 11 is 7.28. The van der Waals surface area contributed by atoms with Crippen LogP contribution < -0.4 is 15.0 Å². The first-order valence-corrected chi connectivity index (χ1v) is 12.8. The zero-order chi connectivity index (χ0) is 29.1. The van der Waals surface area contributed by atoms with Crippen molar-refractivity contribution in [2.24, 2.45) is 0 Å². The highest BCUT2D eigenvalue weighted by Gasteiger charge is 2.54. The fraction of sp³-hybridized carbons (Fsp3) is 0.0769. The highest BCUT2D eigenvalue weighted by molar-refractivity contribution is 7.13. The Labute approximate surface area is 236 Å². The average Bonchev–Trinajstić information content (AvgIpc) is 3.64. The van der Waals surface area contributed by atoms with E-state index in [0.717, 1.165) is 6.07 Å². The summed E-state index contributed by atoms with van der Waals surface area (Å²) in [5.74, 6) is -5.08. The SMILES string of the molecule is O=C1c2cccc(OC(=O)C(F)(F)F)c2C(O)(c2ccc3nc(Nc4nccs4)[nH]c3c2)N1c1cccc(Cl)c1F. The maximum absolute atomic E-state index is 15.3. The molecule has 15 heteroatoms. The third kappa shape index (κ3) is 4.36. The quantitative estimate of drug-likeness (QED) is 0.130. The van der Waals surface area contributed by atoms with Crippen molar-refractivity contribution in [2.45, 2.75) is 11.9 Å². The summed E-state index contributed by atoms with van der Waals surface area (Å²) in [6, 6.07) is 11.3. The average molecular weight is 604 g/mol. The number of halogens is 5. The van der Waals surface area contributed by atoms with Gasteiger partial charge in [0, 0.05) is 17.1 Å². The molecule has 2 aromatic heterocycles. The largest absolute Gasteiger partial charge is 0.491 e. The maximum Gasteiger partial charge on any atom is 0.491 e. The number of aromatic nitrogens is 3. The van der Waals surface area contributed by atoms with E-state index in [1.54, 1.807) is 11.6 Å². The van der Waals surface area contributed by atoms with Gasteiger partial charge in [-0.2, -0.15) is 13.2 Å². The van der Waals surface area contributed by atoms with Gasteiger partial charge in [-0.15, -0.1) is 11.3 Å². The Morgan fingerprint density at radius 2 is 1.95 bits per heavy atom. The predicted molar refractivity (Wildman–Crippen MR) is 141 cm³/mol. The predicted octanol–water partition coefficient (Wildman–Crippen LogP) is 5.88. The van der Waals surface area contributed by atoms with Crippen LogP contribution in [0.5, 0.6) is 5.75 Å². The lowest BCUT2D eigenvalue weighted by molar-refractivity contribution is -0.189. The highest BCUT2D eigenvalue weighted by Crippen LogP contribution is 2.50. The zero-order valence-corrected chi connectivity index (χ0v) is 21.7. The third-order valence-corrected chi connectivity index (χ3v) is 7.26. The minimum absolute atomic E-state index is 0.0866. The minimum Gasteiger partial charge on any atom is -0.419 e. The molecule has 41 heavy (non-hydrogen) atoms. The van der Waals surface area contributed by atoms with Crippen molar-refractivity contribution in [1.82, 2.24) is 15.0 Å². The number of alkyl halides is 3. The van der Waals surface area contributed by atoms with Crippen LogP contribution in [0.2, 0.25) is 5.02 Å². The number of fused-ring (bicyclic) bond motifs is 2. The van der Waals surface area contributed by atoms with Crippen molar-refractivity contribution in [3.05, 3.63) is 93.7 Å². The zero-order valence-electron chi connectivity index (χ0n) is 20.2. The van der Waals surface area contributed by atoms with E-state index < -0.39 is 46.6 Å². The second-order valence-corrected chi connectivity index (χ2v) is 10.0. The summed E-state index contributed by atoms with van der Waals surface area (Å²) in [5.41, 5.74) is -3.29. The molecule has 0 radical (unpaired) electrons. The van der Waals surface area contributed by atoms with Crippen molar-refractivity contribution in [1.29, 1.82) is 0 Å². The van der Waals surface area contributed by atoms with Crippen LogP contribution in [-0.2, 0) is 10.5 Å². The topological polar surface area (TPSA) is 120 Å². The molecule has 0 saturated carbocycles. The number of thiazole rings is 1. The molecule has 1 aliphatic heterocycles. The number of aromatic amines is 1. The molecule has 208 valence electrons. The third-order valence-electron chi connectivity index (χ3n) is 6.28. The van der Waals surface area contributed by atoms with E-state index in [4.69, 9.17) is 11.6 Å². The highest BCUT2D eigenvalue weighted by atomic mass is 35.5. The molecule has 3 heterocycles. The van der Waals surface area contributed by atoms with Crippen molar-refractivity contribution < 1.29 is 37.0 Å². The van der Waals surface area contributed by atoms with E-state index in [1.165, 1.54) is 59.9 Å². The number of carbonyl (C=O) groups is 2. The van der Waals surface area contributed by atoms with Gasteiger partial charge in [-0.05, 0) is 36.4 Å². The number of nitrogens with zero attached hydrogens (tertiary/aromatic N) is 3. The second-order valence-electron chi connectivity index (χ2n) is 8.73. The van der Waals surface area contributed by atoms with Gasteiger partial charge in [0.05, 0.1) is 32.9 Å². The molecule has 6 rings (SSSR count). The molecule has 1 unspecified atom stereocenters. The molecule has 1 amide bonds. The first-order valence-electron chi connectivity index (χ1n) is 11.6. The van der Waals surface area contributed by atoms with Gasteiger partial charge in [-0.1, -0.05) is 29.8 Å². The normalized spacial score (nSPS) is 16.7. The van der Waals surface area contributed by atoms with Crippen LogP contribution in [0.25, 0.3) is 11.0 Å². The lowest BCUT2D eigenvalue weighted by Gasteiger charge is -2.35. The van der Waals surface area contributed by atoms with Crippen LogP contribution in [0.1, 0.15) is 21.5 Å². The number of hydrogen-bond donors (Lipinski definition) is 3. The van der Waals surface area contributed by atoms with Crippen molar-refractivity contribution >= 4 is 62.6 Å². The molecule has 0 saturated heterocycles. The summed E-state index contributed by atoms with van der Waals surface area (Å²) in [6.45, 7) is 0. The molecule has 0 fully saturated rings. The molecule has 5 aromatic rings. The van der Waals surface area contributed by atoms with E-state index >= 15 is 4.39 Å². The first kappa shape index (κ1) is 26.7. The molecule has 0 spiro atoms. The number of nitrogens with one attached hydrogen (secondary N) is 2. The van der Waals surface area contributed by atoms with Crippen molar-refractivity contribution in [3.8, 4) is 5.75 Å². The Morgan fingerprint density at radius 3 is 2.68 bits per heavy atom. The van der Waals surface area contributed by atoms with Crippen molar-refractivity contribution in [3.63, 3.8) is 0 Å². The van der Waals surface area contributed by atoms with E-state index in [1.807, 2.05) is 0 Å². The van der Waals surface area contributed by atoms with Gasteiger partial charge in [0.2, 0.25) is 11.7 Å². The second kappa shape index (κ2) is 9.54. The summed E-state index contributed by atoms with van der Waals surface area (Å²) in [5, 5.41) is 17.2. The van der Waals surface area contributed by atoms with Crippen LogP contribution in [-0.4, -0.2) is 38.1 Å². The van der Waals surface area contributed by atoms with Crippen LogP contribution in [0.3, 0.4) is 0 Å². The van der Waals surface area contributed by atoms with Gasteiger partial charge < -0.3 is 20.1 Å². The van der Waals surface area contributed by atoms with Gasteiger partial charge in [0.15, 0.2) is 10.9 Å². The maximum atomic E-state index is 15.3. The van der Waals surface area contributed by atoms with Gasteiger partial charge >= 0.3 is 12.1 Å². The van der Waals surface area contributed by atoms with E-state index in [-0.39, 0.29) is 16.1 Å². The fourth-order valence-electron chi connectivity index (χ4n) is 4.59. The molecule has 3 aromatic carbocycles. The number of hydrogen-bond acceptors (Lipinski definition) is 8. The summed E-state index contributed by atoms with van der Waals surface area (Å²) < 4.78 is 59.3.